The molecule has 0 saturated carbocycles. The van der Waals surface area contributed by atoms with Crippen molar-refractivity contribution < 1.29 is 4.79 Å². The van der Waals surface area contributed by atoms with Gasteiger partial charge in [-0.25, -0.2) is 4.79 Å². The second kappa shape index (κ2) is 8.56. The number of hydrogen-bond donors (Lipinski definition) is 1. The molecule has 5 nitrogen and oxygen atoms in total. The normalized spacial score (nSPS) is 16.5. The maximum absolute atomic E-state index is 13.4. The molecule has 0 fully saturated rings. The molecule has 3 aromatic rings. The van der Waals surface area contributed by atoms with Crippen molar-refractivity contribution in [3.05, 3.63) is 81.6 Å². The first-order valence-electron chi connectivity index (χ1n) is 10.4. The molecule has 1 unspecified atom stereocenters. The first kappa shape index (κ1) is 21.7. The molecule has 0 spiro atoms. The fourth-order valence-corrected chi connectivity index (χ4v) is 4.41. The molecule has 1 aromatic heterocycles. The SMILES string of the molecule is CC(C)(C)c1ccc(C2c3ccnn3CCCN2C(=O)Nc2ccc(Cl)cc2Cl)cc1. The van der Waals surface area contributed by atoms with Crippen LogP contribution in [0.25, 0.3) is 0 Å². The first-order chi connectivity index (χ1) is 14.7. The lowest BCUT2D eigenvalue weighted by molar-refractivity contribution is 0.199. The zero-order valence-corrected chi connectivity index (χ0v) is 19.4. The Kier molecular flexibility index (Phi) is 6.00. The molecule has 1 atom stereocenters. The van der Waals surface area contributed by atoms with Crippen LogP contribution in [-0.4, -0.2) is 27.3 Å². The molecule has 2 amide bonds. The number of carbonyl (C=O) groups excluding carboxylic acids is 1. The standard InChI is InChI=1S/C24H26Cl2N4O/c1-24(2,3)17-7-5-16(6-8-17)22-21-11-12-27-30(21)14-4-13-29(22)23(31)28-20-10-9-18(25)15-19(20)26/h5-12,15,22H,4,13-14H2,1-3H3,(H,28,31). The Hall–Kier alpha value is -2.50. The maximum atomic E-state index is 13.4. The monoisotopic (exact) mass is 456 g/mol. The van der Waals surface area contributed by atoms with Crippen LogP contribution in [0.2, 0.25) is 10.0 Å². The van der Waals surface area contributed by atoms with Gasteiger partial charge in [-0.1, -0.05) is 68.2 Å². The molecule has 1 aliphatic heterocycles. The Morgan fingerprint density at radius 1 is 1.06 bits per heavy atom. The lowest BCUT2D eigenvalue weighted by atomic mass is 9.86. The number of fused-ring (bicyclic) bond motifs is 1. The second-order valence-electron chi connectivity index (χ2n) is 8.86. The Labute approximate surface area is 193 Å². The number of amides is 2. The molecule has 2 heterocycles. The number of nitrogens with one attached hydrogen (secondary N) is 1. The van der Waals surface area contributed by atoms with E-state index in [0.717, 1.165) is 24.2 Å². The highest BCUT2D eigenvalue weighted by molar-refractivity contribution is 6.36. The predicted octanol–water partition coefficient (Wildman–Crippen LogP) is 6.51. The fourth-order valence-electron chi connectivity index (χ4n) is 3.95. The van der Waals surface area contributed by atoms with E-state index in [1.807, 2.05) is 15.6 Å². The zero-order valence-electron chi connectivity index (χ0n) is 17.9. The van der Waals surface area contributed by atoms with E-state index < -0.39 is 0 Å². The third-order valence-electron chi connectivity index (χ3n) is 5.64. The number of aryl methyl sites for hydroxylation is 1. The summed E-state index contributed by atoms with van der Waals surface area (Å²) in [7, 11) is 0. The van der Waals surface area contributed by atoms with Crippen LogP contribution in [0.3, 0.4) is 0 Å². The molecule has 162 valence electrons. The van der Waals surface area contributed by atoms with Crippen LogP contribution >= 0.6 is 23.2 Å². The molecule has 7 heteroatoms. The summed E-state index contributed by atoms with van der Waals surface area (Å²) in [5.41, 5.74) is 3.90. The summed E-state index contributed by atoms with van der Waals surface area (Å²) in [6.07, 6.45) is 2.61. The number of aromatic nitrogens is 2. The van der Waals surface area contributed by atoms with Crippen molar-refractivity contribution in [2.75, 3.05) is 11.9 Å². The molecular formula is C24H26Cl2N4O. The lowest BCUT2D eigenvalue weighted by Crippen LogP contribution is -2.39. The summed E-state index contributed by atoms with van der Waals surface area (Å²) in [6.45, 7) is 7.95. The van der Waals surface area contributed by atoms with Crippen LogP contribution in [0.4, 0.5) is 10.5 Å². The average Bonchev–Trinajstić information content (AvgIpc) is 3.09. The highest BCUT2D eigenvalue weighted by Crippen LogP contribution is 2.34. The van der Waals surface area contributed by atoms with Crippen LogP contribution in [0.1, 0.15) is 50.1 Å². The van der Waals surface area contributed by atoms with E-state index in [-0.39, 0.29) is 17.5 Å². The number of carbonyl (C=O) groups is 1. The molecule has 1 aliphatic rings. The topological polar surface area (TPSA) is 50.2 Å². The predicted molar refractivity (Wildman–Crippen MR) is 126 cm³/mol. The Morgan fingerprint density at radius 3 is 2.48 bits per heavy atom. The van der Waals surface area contributed by atoms with E-state index in [4.69, 9.17) is 23.2 Å². The number of hydrogen-bond acceptors (Lipinski definition) is 2. The van der Waals surface area contributed by atoms with Crippen LogP contribution in [-0.2, 0) is 12.0 Å². The smallest absolute Gasteiger partial charge is 0.312 e. The molecular weight excluding hydrogens is 431 g/mol. The lowest BCUT2D eigenvalue weighted by Gasteiger charge is -2.31. The Morgan fingerprint density at radius 2 is 1.81 bits per heavy atom. The minimum Gasteiger partial charge on any atom is -0.312 e. The van der Waals surface area contributed by atoms with Gasteiger partial charge in [0.25, 0.3) is 0 Å². The van der Waals surface area contributed by atoms with Crippen molar-refractivity contribution >= 4 is 34.9 Å². The minimum atomic E-state index is -0.245. The fraction of sp³-hybridized carbons (Fsp3) is 0.333. The van der Waals surface area contributed by atoms with Gasteiger partial charge in [-0.3, -0.25) is 4.68 Å². The number of rotatable bonds is 2. The molecule has 0 bridgehead atoms. The minimum absolute atomic E-state index is 0.0617. The summed E-state index contributed by atoms with van der Waals surface area (Å²) in [4.78, 5) is 15.3. The summed E-state index contributed by atoms with van der Waals surface area (Å²) in [5.74, 6) is 0. The van der Waals surface area contributed by atoms with E-state index in [9.17, 15) is 4.79 Å². The number of benzene rings is 2. The molecule has 2 aromatic carbocycles. The number of halogens is 2. The van der Waals surface area contributed by atoms with Crippen LogP contribution in [0.5, 0.6) is 0 Å². The van der Waals surface area contributed by atoms with Gasteiger partial charge in [-0.05, 0) is 47.2 Å². The molecule has 31 heavy (non-hydrogen) atoms. The van der Waals surface area contributed by atoms with Gasteiger partial charge in [0.05, 0.1) is 16.4 Å². The average molecular weight is 457 g/mol. The van der Waals surface area contributed by atoms with Gasteiger partial charge in [-0.2, -0.15) is 5.10 Å². The Balaban J connectivity index is 1.70. The van der Waals surface area contributed by atoms with Gasteiger partial charge in [0.15, 0.2) is 0 Å². The number of anilines is 1. The largest absolute Gasteiger partial charge is 0.322 e. The van der Waals surface area contributed by atoms with Crippen molar-refractivity contribution in [1.82, 2.24) is 14.7 Å². The first-order valence-corrected chi connectivity index (χ1v) is 11.1. The molecule has 0 saturated heterocycles. The molecule has 0 aliphatic carbocycles. The van der Waals surface area contributed by atoms with Gasteiger partial charge in [0.2, 0.25) is 0 Å². The van der Waals surface area contributed by atoms with E-state index in [1.54, 1.807) is 24.4 Å². The van der Waals surface area contributed by atoms with Crippen LogP contribution in [0.15, 0.2) is 54.7 Å². The molecule has 0 radical (unpaired) electrons. The zero-order chi connectivity index (χ0) is 22.2. The maximum Gasteiger partial charge on any atom is 0.322 e. The highest BCUT2D eigenvalue weighted by atomic mass is 35.5. The van der Waals surface area contributed by atoms with E-state index in [2.05, 4.69) is 55.5 Å². The van der Waals surface area contributed by atoms with E-state index >= 15 is 0 Å². The van der Waals surface area contributed by atoms with Crippen molar-refractivity contribution in [1.29, 1.82) is 0 Å². The number of urea groups is 1. The third-order valence-corrected chi connectivity index (χ3v) is 6.18. The Bertz CT molecular complexity index is 1090. The van der Waals surface area contributed by atoms with Crippen LogP contribution in [0, 0.1) is 0 Å². The van der Waals surface area contributed by atoms with Gasteiger partial charge < -0.3 is 10.2 Å². The number of nitrogens with zero attached hydrogens (tertiary/aromatic N) is 3. The van der Waals surface area contributed by atoms with Crippen molar-refractivity contribution in [3.8, 4) is 0 Å². The molecule has 1 N–H and O–H groups in total. The summed E-state index contributed by atoms with van der Waals surface area (Å²) in [6, 6.07) is 15.1. The second-order valence-corrected chi connectivity index (χ2v) is 9.70. The van der Waals surface area contributed by atoms with Gasteiger partial charge in [0, 0.05) is 24.3 Å². The van der Waals surface area contributed by atoms with Crippen molar-refractivity contribution in [2.24, 2.45) is 0 Å². The summed E-state index contributed by atoms with van der Waals surface area (Å²) >= 11 is 12.3. The van der Waals surface area contributed by atoms with Gasteiger partial charge in [-0.15, -0.1) is 0 Å². The summed E-state index contributed by atoms with van der Waals surface area (Å²) in [5, 5.41) is 8.37. The van der Waals surface area contributed by atoms with Crippen LogP contribution < -0.4 is 5.32 Å². The highest BCUT2D eigenvalue weighted by Gasteiger charge is 2.32. The van der Waals surface area contributed by atoms with E-state index in [1.165, 1.54) is 5.56 Å². The van der Waals surface area contributed by atoms with Gasteiger partial charge >= 0.3 is 6.03 Å². The summed E-state index contributed by atoms with van der Waals surface area (Å²) < 4.78 is 1.99. The van der Waals surface area contributed by atoms with Crippen molar-refractivity contribution in [3.63, 3.8) is 0 Å². The van der Waals surface area contributed by atoms with Gasteiger partial charge in [0.1, 0.15) is 6.04 Å². The van der Waals surface area contributed by atoms with Crippen molar-refractivity contribution in [2.45, 2.75) is 45.2 Å². The van der Waals surface area contributed by atoms with E-state index in [0.29, 0.717) is 22.3 Å². The molecule has 4 rings (SSSR count). The quantitative estimate of drug-likeness (QED) is 0.477. The third kappa shape index (κ3) is 4.58.